The molecule has 0 saturated carbocycles. The van der Waals surface area contributed by atoms with Gasteiger partial charge in [-0.2, -0.15) is 0 Å². The van der Waals surface area contributed by atoms with Crippen molar-refractivity contribution in [3.05, 3.63) is 65.0 Å². The first-order chi connectivity index (χ1) is 12.7. The second-order valence-corrected chi connectivity index (χ2v) is 6.69. The Kier molecular flexibility index (Phi) is 6.07. The highest BCUT2D eigenvalue weighted by Crippen LogP contribution is 2.21. The van der Waals surface area contributed by atoms with Gasteiger partial charge in [-0.25, -0.2) is 4.98 Å². The molecule has 1 heterocycles. The van der Waals surface area contributed by atoms with E-state index in [9.17, 15) is 9.59 Å². The van der Waals surface area contributed by atoms with Crippen LogP contribution in [0.5, 0.6) is 0 Å². The van der Waals surface area contributed by atoms with Crippen LogP contribution in [0.15, 0.2) is 64.5 Å². The number of esters is 1. The lowest BCUT2D eigenvalue weighted by Crippen LogP contribution is -2.22. The molecule has 134 valence electrons. The van der Waals surface area contributed by atoms with Crippen molar-refractivity contribution >= 4 is 28.6 Å². The molecule has 3 aromatic rings. The van der Waals surface area contributed by atoms with E-state index in [1.165, 1.54) is 11.8 Å². The van der Waals surface area contributed by atoms with Gasteiger partial charge in [0.15, 0.2) is 5.16 Å². The number of para-hydroxylation sites is 2. The summed E-state index contributed by atoms with van der Waals surface area (Å²) in [5.41, 5.74) is 1.19. The SMILES string of the molecule is CCCCOC(=O)CSc1nc2ccccc2c(=O)n1-c1ccccc1. The van der Waals surface area contributed by atoms with Gasteiger partial charge >= 0.3 is 5.97 Å². The molecule has 1 aromatic heterocycles. The van der Waals surface area contributed by atoms with Crippen molar-refractivity contribution in [3.8, 4) is 5.69 Å². The summed E-state index contributed by atoms with van der Waals surface area (Å²) in [6.45, 7) is 2.46. The van der Waals surface area contributed by atoms with Gasteiger partial charge < -0.3 is 4.74 Å². The molecule has 26 heavy (non-hydrogen) atoms. The van der Waals surface area contributed by atoms with Gasteiger partial charge in [0, 0.05) is 0 Å². The Morgan fingerprint density at radius 1 is 1.12 bits per heavy atom. The van der Waals surface area contributed by atoms with E-state index in [1.807, 2.05) is 49.4 Å². The Labute approximate surface area is 156 Å². The Bertz CT molecular complexity index is 954. The molecular formula is C20H20N2O3S. The van der Waals surface area contributed by atoms with E-state index in [0.717, 1.165) is 18.5 Å². The van der Waals surface area contributed by atoms with Crippen LogP contribution in [0.4, 0.5) is 0 Å². The van der Waals surface area contributed by atoms with Gasteiger partial charge in [-0.1, -0.05) is 55.4 Å². The Morgan fingerprint density at radius 3 is 2.62 bits per heavy atom. The highest BCUT2D eigenvalue weighted by Gasteiger charge is 2.15. The number of fused-ring (bicyclic) bond motifs is 1. The highest BCUT2D eigenvalue weighted by atomic mass is 32.2. The van der Waals surface area contributed by atoms with E-state index >= 15 is 0 Å². The Hall–Kier alpha value is -2.60. The molecular weight excluding hydrogens is 348 g/mol. The van der Waals surface area contributed by atoms with Crippen molar-refractivity contribution in [2.45, 2.75) is 24.9 Å². The summed E-state index contributed by atoms with van der Waals surface area (Å²) in [7, 11) is 0. The van der Waals surface area contributed by atoms with Gasteiger partial charge in [0.05, 0.1) is 29.0 Å². The summed E-state index contributed by atoms with van der Waals surface area (Å²) in [5, 5.41) is 1.03. The number of unbranched alkanes of at least 4 members (excludes halogenated alkanes) is 1. The third-order valence-electron chi connectivity index (χ3n) is 3.84. The molecule has 0 radical (unpaired) electrons. The zero-order valence-electron chi connectivity index (χ0n) is 14.6. The Morgan fingerprint density at radius 2 is 1.85 bits per heavy atom. The molecule has 0 fully saturated rings. The number of aromatic nitrogens is 2. The molecule has 0 bridgehead atoms. The number of rotatable bonds is 7. The molecule has 0 amide bonds. The Balaban J connectivity index is 1.95. The molecule has 0 saturated heterocycles. The third kappa shape index (κ3) is 4.14. The monoisotopic (exact) mass is 368 g/mol. The number of carbonyl (C=O) groups excluding carboxylic acids is 1. The first kappa shape index (κ1) is 18.2. The lowest BCUT2D eigenvalue weighted by molar-refractivity contribution is -0.140. The van der Waals surface area contributed by atoms with E-state index in [4.69, 9.17) is 4.74 Å². The van der Waals surface area contributed by atoms with Crippen molar-refractivity contribution < 1.29 is 9.53 Å². The van der Waals surface area contributed by atoms with Crippen molar-refractivity contribution in [2.75, 3.05) is 12.4 Å². The fraction of sp³-hybridized carbons (Fsp3) is 0.250. The number of nitrogens with zero attached hydrogens (tertiary/aromatic N) is 2. The third-order valence-corrected chi connectivity index (χ3v) is 4.75. The van der Waals surface area contributed by atoms with Crippen LogP contribution in [-0.2, 0) is 9.53 Å². The number of ether oxygens (including phenoxy) is 1. The van der Waals surface area contributed by atoms with Crippen LogP contribution in [0.2, 0.25) is 0 Å². The average Bonchev–Trinajstić information content (AvgIpc) is 2.67. The molecule has 6 heteroatoms. The number of hydrogen-bond donors (Lipinski definition) is 0. The minimum absolute atomic E-state index is 0.112. The maximum absolute atomic E-state index is 13.0. The van der Waals surface area contributed by atoms with E-state index in [2.05, 4.69) is 4.98 Å². The predicted molar refractivity (Wildman–Crippen MR) is 104 cm³/mol. The number of hydrogen-bond acceptors (Lipinski definition) is 5. The van der Waals surface area contributed by atoms with Crippen LogP contribution in [0.25, 0.3) is 16.6 Å². The van der Waals surface area contributed by atoms with Crippen molar-refractivity contribution in [1.29, 1.82) is 0 Å². The molecule has 0 spiro atoms. The summed E-state index contributed by atoms with van der Waals surface area (Å²) >= 11 is 1.21. The molecule has 0 unspecified atom stereocenters. The molecule has 0 N–H and O–H groups in total. The minimum Gasteiger partial charge on any atom is -0.465 e. The summed E-state index contributed by atoms with van der Waals surface area (Å²) in [6.07, 6.45) is 1.82. The van der Waals surface area contributed by atoms with Crippen LogP contribution in [0.1, 0.15) is 19.8 Å². The summed E-state index contributed by atoms with van der Waals surface area (Å²) in [4.78, 5) is 29.5. The first-order valence-corrected chi connectivity index (χ1v) is 9.55. The van der Waals surface area contributed by atoms with Crippen LogP contribution in [-0.4, -0.2) is 27.9 Å². The quantitative estimate of drug-likeness (QED) is 0.275. The summed E-state index contributed by atoms with van der Waals surface area (Å²) in [5.74, 6) is -0.188. The van der Waals surface area contributed by atoms with Crippen LogP contribution in [0.3, 0.4) is 0 Å². The zero-order valence-corrected chi connectivity index (χ0v) is 15.4. The van der Waals surface area contributed by atoms with Gasteiger partial charge in [0.25, 0.3) is 5.56 Å². The summed E-state index contributed by atoms with van der Waals surface area (Å²) < 4.78 is 6.74. The number of carbonyl (C=O) groups is 1. The first-order valence-electron chi connectivity index (χ1n) is 8.56. The molecule has 2 aromatic carbocycles. The fourth-order valence-corrected chi connectivity index (χ4v) is 3.32. The lowest BCUT2D eigenvalue weighted by atomic mass is 10.2. The van der Waals surface area contributed by atoms with Crippen LogP contribution >= 0.6 is 11.8 Å². The fourth-order valence-electron chi connectivity index (χ4n) is 2.51. The average molecular weight is 368 g/mol. The second kappa shape index (κ2) is 8.67. The second-order valence-electron chi connectivity index (χ2n) is 5.75. The molecule has 0 aliphatic heterocycles. The number of benzene rings is 2. The standard InChI is InChI=1S/C20H20N2O3S/c1-2-3-13-25-18(23)14-26-20-21-17-12-8-7-11-16(17)19(24)22(20)15-9-5-4-6-10-15/h4-12H,2-3,13-14H2,1H3. The van der Waals surface area contributed by atoms with Gasteiger partial charge in [0.1, 0.15) is 0 Å². The van der Waals surface area contributed by atoms with Gasteiger partial charge in [-0.3, -0.25) is 14.2 Å². The van der Waals surface area contributed by atoms with Gasteiger partial charge in [-0.15, -0.1) is 0 Å². The maximum Gasteiger partial charge on any atom is 0.316 e. The summed E-state index contributed by atoms with van der Waals surface area (Å²) in [6, 6.07) is 16.5. The molecule has 3 rings (SSSR count). The lowest BCUT2D eigenvalue weighted by Gasteiger charge is -2.13. The van der Waals surface area contributed by atoms with Gasteiger partial charge in [0.2, 0.25) is 0 Å². The van der Waals surface area contributed by atoms with Crippen LogP contribution < -0.4 is 5.56 Å². The predicted octanol–water partition coefficient (Wildman–Crippen LogP) is 3.82. The molecule has 5 nitrogen and oxygen atoms in total. The zero-order chi connectivity index (χ0) is 18.4. The number of thioether (sulfide) groups is 1. The highest BCUT2D eigenvalue weighted by molar-refractivity contribution is 7.99. The van der Waals surface area contributed by atoms with E-state index in [1.54, 1.807) is 16.7 Å². The normalized spacial score (nSPS) is 10.8. The maximum atomic E-state index is 13.0. The smallest absolute Gasteiger partial charge is 0.316 e. The largest absolute Gasteiger partial charge is 0.465 e. The minimum atomic E-state index is -0.300. The van der Waals surface area contributed by atoms with Crippen molar-refractivity contribution in [1.82, 2.24) is 9.55 Å². The van der Waals surface area contributed by atoms with E-state index < -0.39 is 0 Å². The molecule has 0 aliphatic carbocycles. The topological polar surface area (TPSA) is 61.2 Å². The molecule has 0 aliphatic rings. The molecule has 0 atom stereocenters. The van der Waals surface area contributed by atoms with Gasteiger partial charge in [-0.05, 0) is 30.7 Å². The van der Waals surface area contributed by atoms with Crippen LogP contribution in [0, 0.1) is 0 Å². The van der Waals surface area contributed by atoms with E-state index in [-0.39, 0.29) is 17.3 Å². The van der Waals surface area contributed by atoms with Crippen molar-refractivity contribution in [3.63, 3.8) is 0 Å². The van der Waals surface area contributed by atoms with Crippen molar-refractivity contribution in [2.24, 2.45) is 0 Å². The van der Waals surface area contributed by atoms with E-state index in [0.29, 0.717) is 22.7 Å².